The van der Waals surface area contributed by atoms with Crippen molar-refractivity contribution in [3.8, 4) is 0 Å². The minimum absolute atomic E-state index is 0.00615. The molecule has 2 heterocycles. The molecule has 2 aliphatic heterocycles. The van der Waals surface area contributed by atoms with Crippen molar-refractivity contribution < 1.29 is 26.4 Å². The van der Waals surface area contributed by atoms with Crippen LogP contribution in [0.4, 0.5) is 18.9 Å². The maximum atomic E-state index is 13.1. The van der Waals surface area contributed by atoms with Gasteiger partial charge in [-0.1, -0.05) is 30.3 Å². The fraction of sp³-hybridized carbons (Fsp3) is 0.500. The van der Waals surface area contributed by atoms with Gasteiger partial charge in [0.15, 0.2) is 15.0 Å². The molecule has 0 spiro atoms. The molecule has 2 aliphatic rings. The summed E-state index contributed by atoms with van der Waals surface area (Å²) in [5.74, 6) is -0.745. The largest absolute Gasteiger partial charge is 0.416 e. The molecule has 5 nitrogen and oxygen atoms in total. The van der Waals surface area contributed by atoms with E-state index < -0.39 is 38.8 Å². The number of hydrogen-bond donors (Lipinski definition) is 0. The van der Waals surface area contributed by atoms with E-state index in [2.05, 4.69) is 4.99 Å². The SMILES string of the molecule is CCCC(=O)N=C1SC2CS(=O)(=O)CC2N1c1cc(C(F)(F)F)ccc1Cl. The summed E-state index contributed by atoms with van der Waals surface area (Å²) >= 11 is 7.24. The van der Waals surface area contributed by atoms with E-state index in [1.807, 2.05) is 6.92 Å². The van der Waals surface area contributed by atoms with Crippen molar-refractivity contribution in [2.75, 3.05) is 16.4 Å². The second-order valence-corrected chi connectivity index (χ2v) is 10.1. The van der Waals surface area contributed by atoms with Crippen LogP contribution < -0.4 is 4.90 Å². The zero-order valence-electron chi connectivity index (χ0n) is 14.2. The fourth-order valence-electron chi connectivity index (χ4n) is 3.10. The van der Waals surface area contributed by atoms with Crippen molar-refractivity contribution in [2.24, 2.45) is 4.99 Å². The van der Waals surface area contributed by atoms with Gasteiger partial charge in [0.25, 0.3) is 0 Å². The summed E-state index contributed by atoms with van der Waals surface area (Å²) in [7, 11) is -3.33. The minimum Gasteiger partial charge on any atom is -0.314 e. The first-order chi connectivity index (χ1) is 12.5. The van der Waals surface area contributed by atoms with Gasteiger partial charge in [0.1, 0.15) is 0 Å². The third-order valence-electron chi connectivity index (χ3n) is 4.28. The van der Waals surface area contributed by atoms with Crippen LogP contribution >= 0.6 is 23.4 Å². The molecule has 0 saturated carbocycles. The van der Waals surface area contributed by atoms with Crippen molar-refractivity contribution in [3.63, 3.8) is 0 Å². The van der Waals surface area contributed by atoms with E-state index in [0.29, 0.717) is 6.42 Å². The van der Waals surface area contributed by atoms with Gasteiger partial charge >= 0.3 is 6.18 Å². The van der Waals surface area contributed by atoms with Gasteiger partial charge < -0.3 is 4.90 Å². The highest BCUT2D eigenvalue weighted by molar-refractivity contribution is 8.16. The Bertz CT molecular complexity index is 903. The molecule has 1 amide bonds. The van der Waals surface area contributed by atoms with Crippen LogP contribution in [0.1, 0.15) is 25.3 Å². The minimum atomic E-state index is -4.58. The number of anilines is 1. The number of alkyl halides is 3. The third kappa shape index (κ3) is 4.27. The lowest BCUT2D eigenvalue weighted by molar-refractivity contribution is -0.137. The molecule has 0 aromatic heterocycles. The molecule has 2 atom stereocenters. The fourth-order valence-corrected chi connectivity index (χ4v) is 7.23. The van der Waals surface area contributed by atoms with Crippen LogP contribution in [0, 0.1) is 0 Å². The lowest BCUT2D eigenvalue weighted by Crippen LogP contribution is -2.38. The molecule has 2 saturated heterocycles. The molecule has 0 bridgehead atoms. The lowest BCUT2D eigenvalue weighted by atomic mass is 10.1. The van der Waals surface area contributed by atoms with E-state index >= 15 is 0 Å². The van der Waals surface area contributed by atoms with Gasteiger partial charge in [-0.05, 0) is 24.6 Å². The van der Waals surface area contributed by atoms with Crippen molar-refractivity contribution in [2.45, 2.75) is 37.2 Å². The zero-order valence-corrected chi connectivity index (χ0v) is 16.6. The van der Waals surface area contributed by atoms with Crippen LogP contribution in [-0.4, -0.2) is 42.3 Å². The maximum Gasteiger partial charge on any atom is 0.416 e. The molecule has 11 heteroatoms. The van der Waals surface area contributed by atoms with Crippen LogP contribution in [-0.2, 0) is 20.8 Å². The zero-order chi connectivity index (χ0) is 20.0. The van der Waals surface area contributed by atoms with Gasteiger partial charge in [-0.2, -0.15) is 18.2 Å². The van der Waals surface area contributed by atoms with E-state index in [0.717, 1.165) is 30.0 Å². The van der Waals surface area contributed by atoms with Gasteiger partial charge in [0.2, 0.25) is 5.91 Å². The average molecular weight is 441 g/mol. The van der Waals surface area contributed by atoms with Crippen molar-refractivity contribution in [1.82, 2.24) is 0 Å². The lowest BCUT2D eigenvalue weighted by Gasteiger charge is -2.26. The number of thioether (sulfide) groups is 1. The Morgan fingerprint density at radius 2 is 2.07 bits per heavy atom. The first kappa shape index (κ1) is 20.5. The molecule has 0 radical (unpaired) electrons. The maximum absolute atomic E-state index is 13.1. The summed E-state index contributed by atoms with van der Waals surface area (Å²) in [5, 5.41) is -0.183. The van der Waals surface area contributed by atoms with Crippen LogP contribution in [0.5, 0.6) is 0 Å². The standard InChI is InChI=1S/C16H16ClF3N2O3S2/c1-2-3-14(23)21-15-22(12-7-27(24,25)8-13(12)26-15)11-6-9(16(18,19)20)4-5-10(11)17/h4-6,12-13H,2-3,7-8H2,1H3. The summed E-state index contributed by atoms with van der Waals surface area (Å²) in [6.07, 6.45) is -3.81. The second kappa shape index (κ2) is 7.29. The van der Waals surface area contributed by atoms with Crippen molar-refractivity contribution >= 4 is 50.0 Å². The summed E-state index contributed by atoms with van der Waals surface area (Å²) in [4.78, 5) is 17.4. The predicted molar refractivity (Wildman–Crippen MR) is 100 cm³/mol. The Morgan fingerprint density at radius 1 is 1.37 bits per heavy atom. The van der Waals surface area contributed by atoms with Crippen LogP contribution in [0.3, 0.4) is 0 Å². The summed E-state index contributed by atoms with van der Waals surface area (Å²) in [6, 6.07) is 2.23. The number of carbonyl (C=O) groups is 1. The molecular weight excluding hydrogens is 425 g/mol. The summed E-state index contributed by atoms with van der Waals surface area (Å²) in [5.41, 5.74) is -0.901. The topological polar surface area (TPSA) is 66.8 Å². The van der Waals surface area contributed by atoms with E-state index in [9.17, 15) is 26.4 Å². The summed E-state index contributed by atoms with van der Waals surface area (Å²) in [6.45, 7) is 1.81. The molecular formula is C16H16ClF3N2O3S2. The number of aliphatic imine (C=N–C) groups is 1. The number of halogens is 4. The van der Waals surface area contributed by atoms with Gasteiger partial charge in [0, 0.05) is 11.7 Å². The van der Waals surface area contributed by atoms with Gasteiger partial charge in [-0.3, -0.25) is 4.79 Å². The number of hydrogen-bond acceptors (Lipinski definition) is 4. The molecule has 2 fully saturated rings. The first-order valence-electron chi connectivity index (χ1n) is 8.16. The Balaban J connectivity index is 2.09. The monoisotopic (exact) mass is 440 g/mol. The van der Waals surface area contributed by atoms with Crippen molar-refractivity contribution in [1.29, 1.82) is 0 Å². The Labute approximate surface area is 163 Å². The van der Waals surface area contributed by atoms with Gasteiger partial charge in [0.05, 0.1) is 33.8 Å². The second-order valence-electron chi connectivity index (χ2n) is 6.37. The Morgan fingerprint density at radius 3 is 2.70 bits per heavy atom. The molecule has 27 heavy (non-hydrogen) atoms. The van der Waals surface area contributed by atoms with Crippen LogP contribution in [0.2, 0.25) is 5.02 Å². The van der Waals surface area contributed by atoms with Gasteiger partial charge in [-0.25, -0.2) is 8.42 Å². The Hall–Kier alpha value is -1.26. The molecule has 2 unspecified atom stereocenters. The number of amidine groups is 1. The van der Waals surface area contributed by atoms with E-state index in [1.54, 1.807) is 0 Å². The number of fused-ring (bicyclic) bond motifs is 1. The number of nitrogens with zero attached hydrogens (tertiary/aromatic N) is 2. The average Bonchev–Trinajstić information content (AvgIpc) is 2.98. The molecule has 0 aliphatic carbocycles. The highest BCUT2D eigenvalue weighted by atomic mass is 35.5. The van der Waals surface area contributed by atoms with Gasteiger partial charge in [-0.15, -0.1) is 0 Å². The number of sulfone groups is 1. The predicted octanol–water partition coefficient (Wildman–Crippen LogP) is 3.76. The highest BCUT2D eigenvalue weighted by Crippen LogP contribution is 2.44. The molecule has 1 aromatic rings. The number of rotatable bonds is 3. The Kier molecular flexibility index (Phi) is 5.53. The first-order valence-corrected chi connectivity index (χ1v) is 11.2. The number of carbonyl (C=O) groups excluding carboxylic acids is 1. The van der Waals surface area contributed by atoms with E-state index in [-0.39, 0.29) is 33.8 Å². The molecule has 0 N–H and O–H groups in total. The van der Waals surface area contributed by atoms with E-state index in [1.165, 1.54) is 4.90 Å². The van der Waals surface area contributed by atoms with Crippen LogP contribution in [0.15, 0.2) is 23.2 Å². The normalized spacial score (nSPS) is 25.8. The number of amides is 1. The quantitative estimate of drug-likeness (QED) is 0.716. The van der Waals surface area contributed by atoms with E-state index in [4.69, 9.17) is 11.6 Å². The summed E-state index contributed by atoms with van der Waals surface area (Å²) < 4.78 is 63.4. The van der Waals surface area contributed by atoms with Crippen LogP contribution in [0.25, 0.3) is 0 Å². The number of benzene rings is 1. The smallest absolute Gasteiger partial charge is 0.314 e. The molecule has 3 rings (SSSR count). The van der Waals surface area contributed by atoms with Crippen molar-refractivity contribution in [3.05, 3.63) is 28.8 Å². The molecule has 148 valence electrons. The third-order valence-corrected chi connectivity index (χ3v) is 7.81. The molecule has 1 aromatic carbocycles. The highest BCUT2D eigenvalue weighted by Gasteiger charge is 2.50.